The van der Waals surface area contributed by atoms with Gasteiger partial charge in [-0.25, -0.2) is 4.98 Å². The molecule has 2 rings (SSSR count). The fraction of sp³-hybridized carbons (Fsp3) is 0.667. The molecule has 2 N–H and O–H groups in total. The van der Waals surface area contributed by atoms with Gasteiger partial charge >= 0.3 is 0 Å². The summed E-state index contributed by atoms with van der Waals surface area (Å²) < 4.78 is 1.97. The minimum atomic E-state index is -0.247. The van der Waals surface area contributed by atoms with E-state index in [1.54, 1.807) is 12.5 Å². The highest BCUT2D eigenvalue weighted by Gasteiger charge is 2.36. The topological polar surface area (TPSA) is 59.0 Å². The smallest absolute Gasteiger partial charge is 0.227 e. The lowest BCUT2D eigenvalue weighted by Crippen LogP contribution is -2.45. The van der Waals surface area contributed by atoms with Crippen LogP contribution >= 0.6 is 0 Å². The van der Waals surface area contributed by atoms with Crippen LogP contribution in [0.2, 0.25) is 0 Å². The molecule has 0 radical (unpaired) electrons. The molecule has 2 atom stereocenters. The van der Waals surface area contributed by atoms with Crippen LogP contribution in [-0.4, -0.2) is 34.6 Å². The van der Waals surface area contributed by atoms with Crippen molar-refractivity contribution in [2.45, 2.75) is 32.9 Å². The number of rotatable bonds is 4. The summed E-state index contributed by atoms with van der Waals surface area (Å²) >= 11 is 0. The molecule has 0 bridgehead atoms. The Hall–Kier alpha value is -1.36. The number of hydrogen-bond acceptors (Lipinski definition) is 3. The largest absolute Gasteiger partial charge is 0.351 e. The predicted octanol–water partition coefficient (Wildman–Crippen LogP) is 0.387. The molecule has 0 saturated carbocycles. The third kappa shape index (κ3) is 2.85. The van der Waals surface area contributed by atoms with Crippen molar-refractivity contribution < 1.29 is 4.79 Å². The molecular formula is C12H20N4O. The lowest BCUT2D eigenvalue weighted by Gasteiger charge is -2.24. The van der Waals surface area contributed by atoms with Crippen LogP contribution in [0.25, 0.3) is 0 Å². The first-order valence-electron chi connectivity index (χ1n) is 6.07. The minimum absolute atomic E-state index is 0.120. The molecule has 1 aromatic heterocycles. The van der Waals surface area contributed by atoms with Crippen molar-refractivity contribution >= 4 is 5.91 Å². The highest BCUT2D eigenvalue weighted by molar-refractivity contribution is 5.83. The SMILES string of the molecule is CC(Cn1ccnc1)NC(=O)C1(C)CCNC1. The highest BCUT2D eigenvalue weighted by atomic mass is 16.2. The molecule has 2 heterocycles. The van der Waals surface area contributed by atoms with Gasteiger partial charge in [-0.1, -0.05) is 0 Å². The van der Waals surface area contributed by atoms with E-state index in [0.717, 1.165) is 26.1 Å². The molecule has 1 aliphatic rings. The van der Waals surface area contributed by atoms with Gasteiger partial charge in [-0.05, 0) is 26.8 Å². The second-order valence-electron chi connectivity index (χ2n) is 5.12. The van der Waals surface area contributed by atoms with Crippen LogP contribution < -0.4 is 10.6 Å². The maximum atomic E-state index is 12.1. The Morgan fingerprint density at radius 1 is 1.71 bits per heavy atom. The van der Waals surface area contributed by atoms with E-state index in [4.69, 9.17) is 0 Å². The molecular weight excluding hydrogens is 216 g/mol. The lowest BCUT2D eigenvalue weighted by molar-refractivity contribution is -0.129. The van der Waals surface area contributed by atoms with Crippen LogP contribution in [0, 0.1) is 5.41 Å². The number of imidazole rings is 1. The summed E-state index contributed by atoms with van der Waals surface area (Å²) in [7, 11) is 0. The lowest BCUT2D eigenvalue weighted by atomic mass is 9.88. The summed E-state index contributed by atoms with van der Waals surface area (Å²) in [5.41, 5.74) is -0.247. The normalized spacial score (nSPS) is 25.8. The standard InChI is InChI=1S/C12H20N4O/c1-10(7-16-6-5-14-9-16)15-11(17)12(2)3-4-13-8-12/h5-6,9-10,13H,3-4,7-8H2,1-2H3,(H,15,17). The molecule has 5 heteroatoms. The summed E-state index contributed by atoms with van der Waals surface area (Å²) in [6.45, 7) is 6.50. The van der Waals surface area contributed by atoms with Crippen molar-refractivity contribution in [3.63, 3.8) is 0 Å². The minimum Gasteiger partial charge on any atom is -0.351 e. The highest BCUT2D eigenvalue weighted by Crippen LogP contribution is 2.24. The second kappa shape index (κ2) is 4.87. The van der Waals surface area contributed by atoms with Gasteiger partial charge in [0.05, 0.1) is 11.7 Å². The second-order valence-corrected chi connectivity index (χ2v) is 5.12. The molecule has 1 saturated heterocycles. The number of nitrogens with one attached hydrogen (secondary N) is 2. The third-order valence-electron chi connectivity index (χ3n) is 3.34. The molecule has 0 spiro atoms. The van der Waals surface area contributed by atoms with Gasteiger partial charge in [0.15, 0.2) is 0 Å². The van der Waals surface area contributed by atoms with Crippen LogP contribution in [0.3, 0.4) is 0 Å². The number of carbonyl (C=O) groups is 1. The summed E-state index contributed by atoms with van der Waals surface area (Å²) in [4.78, 5) is 16.1. The number of carbonyl (C=O) groups excluding carboxylic acids is 1. The zero-order valence-corrected chi connectivity index (χ0v) is 10.4. The summed E-state index contributed by atoms with van der Waals surface area (Å²) in [6, 6.07) is 0.120. The van der Waals surface area contributed by atoms with Gasteiger partial charge in [0, 0.05) is 31.5 Å². The first-order valence-corrected chi connectivity index (χ1v) is 6.07. The number of aromatic nitrogens is 2. The molecule has 1 fully saturated rings. The molecule has 5 nitrogen and oxygen atoms in total. The average molecular weight is 236 g/mol. The maximum absolute atomic E-state index is 12.1. The first kappa shape index (κ1) is 12.1. The Balaban J connectivity index is 1.86. The molecule has 1 aliphatic heterocycles. The van der Waals surface area contributed by atoms with E-state index in [2.05, 4.69) is 15.6 Å². The van der Waals surface area contributed by atoms with Crippen molar-refractivity contribution in [1.82, 2.24) is 20.2 Å². The summed E-state index contributed by atoms with van der Waals surface area (Å²) in [6.07, 6.45) is 6.33. The number of amides is 1. The van der Waals surface area contributed by atoms with Crippen LogP contribution in [-0.2, 0) is 11.3 Å². The zero-order valence-electron chi connectivity index (χ0n) is 10.4. The van der Waals surface area contributed by atoms with Gasteiger partial charge in [-0.3, -0.25) is 4.79 Å². The zero-order chi connectivity index (χ0) is 12.3. The molecule has 0 aliphatic carbocycles. The van der Waals surface area contributed by atoms with Crippen molar-refractivity contribution in [2.24, 2.45) is 5.41 Å². The monoisotopic (exact) mass is 236 g/mol. The Morgan fingerprint density at radius 3 is 3.12 bits per heavy atom. The Kier molecular flexibility index (Phi) is 3.47. The number of nitrogens with zero attached hydrogens (tertiary/aromatic N) is 2. The molecule has 1 aromatic rings. The van der Waals surface area contributed by atoms with E-state index in [-0.39, 0.29) is 17.4 Å². The molecule has 0 aromatic carbocycles. The van der Waals surface area contributed by atoms with Gasteiger partial charge in [-0.15, -0.1) is 0 Å². The molecule has 17 heavy (non-hydrogen) atoms. The first-order chi connectivity index (χ1) is 8.10. The van der Waals surface area contributed by atoms with Crippen LogP contribution in [0.15, 0.2) is 18.7 Å². The van der Waals surface area contributed by atoms with E-state index < -0.39 is 0 Å². The summed E-state index contributed by atoms with van der Waals surface area (Å²) in [5.74, 6) is 0.148. The van der Waals surface area contributed by atoms with E-state index in [1.807, 2.05) is 24.6 Å². The quantitative estimate of drug-likeness (QED) is 0.795. The van der Waals surface area contributed by atoms with Gasteiger partial charge in [0.1, 0.15) is 0 Å². The van der Waals surface area contributed by atoms with Crippen molar-refractivity contribution in [2.75, 3.05) is 13.1 Å². The van der Waals surface area contributed by atoms with E-state index in [0.29, 0.717) is 0 Å². The van der Waals surface area contributed by atoms with Crippen LogP contribution in [0.5, 0.6) is 0 Å². The van der Waals surface area contributed by atoms with E-state index >= 15 is 0 Å². The van der Waals surface area contributed by atoms with E-state index in [1.165, 1.54) is 0 Å². The summed E-state index contributed by atoms with van der Waals surface area (Å²) in [5, 5.41) is 6.31. The average Bonchev–Trinajstić information content (AvgIpc) is 2.90. The molecule has 1 amide bonds. The maximum Gasteiger partial charge on any atom is 0.227 e. The van der Waals surface area contributed by atoms with Crippen molar-refractivity contribution in [1.29, 1.82) is 0 Å². The Bertz CT molecular complexity index is 368. The Labute approximate surface area is 102 Å². The van der Waals surface area contributed by atoms with Crippen LogP contribution in [0.4, 0.5) is 0 Å². The molecule has 94 valence electrons. The van der Waals surface area contributed by atoms with Gasteiger partial charge in [-0.2, -0.15) is 0 Å². The van der Waals surface area contributed by atoms with Gasteiger partial charge < -0.3 is 15.2 Å². The van der Waals surface area contributed by atoms with Gasteiger partial charge in [0.25, 0.3) is 0 Å². The Morgan fingerprint density at radius 2 is 2.53 bits per heavy atom. The predicted molar refractivity (Wildman–Crippen MR) is 65.4 cm³/mol. The van der Waals surface area contributed by atoms with Gasteiger partial charge in [0.2, 0.25) is 5.91 Å². The number of hydrogen-bond donors (Lipinski definition) is 2. The fourth-order valence-corrected chi connectivity index (χ4v) is 2.17. The van der Waals surface area contributed by atoms with Crippen molar-refractivity contribution in [3.05, 3.63) is 18.7 Å². The van der Waals surface area contributed by atoms with E-state index in [9.17, 15) is 4.79 Å². The van der Waals surface area contributed by atoms with Crippen molar-refractivity contribution in [3.8, 4) is 0 Å². The molecule has 2 unspecified atom stereocenters. The third-order valence-corrected chi connectivity index (χ3v) is 3.34. The van der Waals surface area contributed by atoms with Crippen LogP contribution in [0.1, 0.15) is 20.3 Å². The fourth-order valence-electron chi connectivity index (χ4n) is 2.17.